The summed E-state index contributed by atoms with van der Waals surface area (Å²) in [5.74, 6) is 0.657. The Balaban J connectivity index is 1.76. The van der Waals surface area contributed by atoms with E-state index in [2.05, 4.69) is 22.1 Å². The Morgan fingerprint density at radius 2 is 2.15 bits per heavy atom. The minimum absolute atomic E-state index is 0.165. The molecule has 1 amide bonds. The number of likely N-dealkylation sites (tertiary alicyclic amines) is 1. The van der Waals surface area contributed by atoms with Gasteiger partial charge in [-0.25, -0.2) is 4.98 Å². The molecule has 0 unspecified atom stereocenters. The third-order valence-electron chi connectivity index (χ3n) is 3.65. The summed E-state index contributed by atoms with van der Waals surface area (Å²) in [7, 11) is 0. The summed E-state index contributed by atoms with van der Waals surface area (Å²) < 4.78 is 0. The molecule has 0 atom stereocenters. The Morgan fingerprint density at radius 1 is 1.45 bits per heavy atom. The zero-order valence-electron chi connectivity index (χ0n) is 11.5. The summed E-state index contributed by atoms with van der Waals surface area (Å²) >= 11 is 11.6. The fourth-order valence-electron chi connectivity index (χ4n) is 2.26. The molecule has 110 valence electrons. The normalized spacial score (nSPS) is 17.1. The van der Waals surface area contributed by atoms with Crippen molar-refractivity contribution in [1.82, 2.24) is 15.2 Å². The molecule has 0 radical (unpaired) electrons. The lowest BCUT2D eigenvalue weighted by Crippen LogP contribution is -2.39. The average Bonchev–Trinajstić information content (AvgIpc) is 2.44. The van der Waals surface area contributed by atoms with Crippen molar-refractivity contribution >= 4 is 29.1 Å². The quantitative estimate of drug-likeness (QED) is 0.869. The van der Waals surface area contributed by atoms with Crippen molar-refractivity contribution in [3.05, 3.63) is 28.0 Å². The van der Waals surface area contributed by atoms with Gasteiger partial charge in [0.1, 0.15) is 5.15 Å². The standard InChI is InChI=1S/C14H19Cl2N3O/c1-10-2-5-19(6-3-10)7-4-17-14(20)11-8-12(15)13(16)18-9-11/h8-10H,2-7H2,1H3,(H,17,20). The van der Waals surface area contributed by atoms with Crippen molar-refractivity contribution in [3.63, 3.8) is 0 Å². The number of aromatic nitrogens is 1. The van der Waals surface area contributed by atoms with Crippen LogP contribution in [0.5, 0.6) is 0 Å². The summed E-state index contributed by atoms with van der Waals surface area (Å²) in [5, 5.41) is 3.39. The van der Waals surface area contributed by atoms with Crippen LogP contribution in [0.1, 0.15) is 30.1 Å². The molecule has 2 heterocycles. The third-order valence-corrected chi connectivity index (χ3v) is 4.33. The van der Waals surface area contributed by atoms with Gasteiger partial charge in [-0.15, -0.1) is 0 Å². The maximum Gasteiger partial charge on any atom is 0.252 e. The highest BCUT2D eigenvalue weighted by atomic mass is 35.5. The van der Waals surface area contributed by atoms with Crippen molar-refractivity contribution in [2.45, 2.75) is 19.8 Å². The number of rotatable bonds is 4. The topological polar surface area (TPSA) is 45.2 Å². The Bertz CT molecular complexity index is 473. The lowest BCUT2D eigenvalue weighted by molar-refractivity contribution is 0.0944. The van der Waals surface area contributed by atoms with Crippen LogP contribution >= 0.6 is 23.2 Å². The molecule has 1 saturated heterocycles. The first-order chi connectivity index (χ1) is 9.56. The van der Waals surface area contributed by atoms with E-state index in [-0.39, 0.29) is 11.1 Å². The fourth-order valence-corrected chi connectivity index (χ4v) is 2.53. The van der Waals surface area contributed by atoms with E-state index in [4.69, 9.17) is 23.2 Å². The first-order valence-electron chi connectivity index (χ1n) is 6.88. The van der Waals surface area contributed by atoms with Crippen molar-refractivity contribution < 1.29 is 4.79 Å². The van der Waals surface area contributed by atoms with Gasteiger partial charge >= 0.3 is 0 Å². The van der Waals surface area contributed by atoms with E-state index in [1.165, 1.54) is 25.1 Å². The number of piperidine rings is 1. The minimum atomic E-state index is -0.165. The summed E-state index contributed by atoms with van der Waals surface area (Å²) in [5.41, 5.74) is 0.437. The number of amides is 1. The van der Waals surface area contributed by atoms with Crippen LogP contribution in [0.15, 0.2) is 12.3 Å². The molecular formula is C14H19Cl2N3O. The van der Waals surface area contributed by atoms with Gasteiger partial charge < -0.3 is 10.2 Å². The number of halogens is 2. The molecule has 1 aromatic rings. The van der Waals surface area contributed by atoms with E-state index in [9.17, 15) is 4.79 Å². The highest BCUT2D eigenvalue weighted by Crippen LogP contribution is 2.19. The monoisotopic (exact) mass is 315 g/mol. The zero-order chi connectivity index (χ0) is 14.5. The predicted octanol–water partition coefficient (Wildman–Crippen LogP) is 2.85. The van der Waals surface area contributed by atoms with Gasteiger partial charge in [0.2, 0.25) is 0 Å². The first kappa shape index (κ1) is 15.5. The van der Waals surface area contributed by atoms with Crippen LogP contribution < -0.4 is 5.32 Å². The van der Waals surface area contributed by atoms with Crippen LogP contribution in [0.3, 0.4) is 0 Å². The van der Waals surface area contributed by atoms with Crippen LogP contribution in [0, 0.1) is 5.92 Å². The van der Waals surface area contributed by atoms with E-state index >= 15 is 0 Å². The molecule has 4 nitrogen and oxygen atoms in total. The summed E-state index contributed by atoms with van der Waals surface area (Å²) in [4.78, 5) is 18.2. The van der Waals surface area contributed by atoms with Crippen LogP contribution in [-0.2, 0) is 0 Å². The van der Waals surface area contributed by atoms with E-state index in [0.717, 1.165) is 25.6 Å². The van der Waals surface area contributed by atoms with Gasteiger partial charge in [0.05, 0.1) is 10.6 Å². The van der Waals surface area contributed by atoms with E-state index in [1.54, 1.807) is 0 Å². The minimum Gasteiger partial charge on any atom is -0.351 e. The van der Waals surface area contributed by atoms with Gasteiger partial charge in [-0.05, 0) is 37.9 Å². The third kappa shape index (κ3) is 4.33. The van der Waals surface area contributed by atoms with E-state index < -0.39 is 0 Å². The molecule has 0 bridgehead atoms. The molecule has 1 aliphatic rings. The van der Waals surface area contributed by atoms with E-state index in [0.29, 0.717) is 17.1 Å². The molecule has 20 heavy (non-hydrogen) atoms. The highest BCUT2D eigenvalue weighted by Gasteiger charge is 2.15. The number of nitrogens with zero attached hydrogens (tertiary/aromatic N) is 2. The molecule has 1 aliphatic heterocycles. The van der Waals surface area contributed by atoms with Crippen LogP contribution in [-0.4, -0.2) is 42.0 Å². The average molecular weight is 316 g/mol. The number of pyridine rings is 1. The molecule has 0 aromatic carbocycles. The fraction of sp³-hybridized carbons (Fsp3) is 0.571. The number of carbonyl (C=O) groups excluding carboxylic acids is 1. The number of nitrogens with one attached hydrogen (secondary N) is 1. The number of hydrogen-bond acceptors (Lipinski definition) is 3. The Hall–Kier alpha value is -0.840. The highest BCUT2D eigenvalue weighted by molar-refractivity contribution is 6.41. The molecule has 0 saturated carbocycles. The molecule has 1 aromatic heterocycles. The van der Waals surface area contributed by atoms with Gasteiger partial charge in [-0.3, -0.25) is 4.79 Å². The van der Waals surface area contributed by atoms with Gasteiger partial charge in [0, 0.05) is 19.3 Å². The number of hydrogen-bond donors (Lipinski definition) is 1. The molecule has 0 spiro atoms. The molecule has 1 fully saturated rings. The number of carbonyl (C=O) groups is 1. The summed E-state index contributed by atoms with van der Waals surface area (Å²) in [6.07, 6.45) is 3.92. The van der Waals surface area contributed by atoms with Crippen molar-refractivity contribution in [3.8, 4) is 0 Å². The zero-order valence-corrected chi connectivity index (χ0v) is 13.0. The van der Waals surface area contributed by atoms with Crippen molar-refractivity contribution in [1.29, 1.82) is 0 Å². The molecule has 6 heteroatoms. The smallest absolute Gasteiger partial charge is 0.252 e. The van der Waals surface area contributed by atoms with Crippen LogP contribution in [0.2, 0.25) is 10.2 Å². The van der Waals surface area contributed by atoms with Gasteiger partial charge in [0.15, 0.2) is 0 Å². The second-order valence-corrected chi connectivity index (χ2v) is 6.04. The second-order valence-electron chi connectivity index (χ2n) is 5.28. The maximum atomic E-state index is 11.9. The SMILES string of the molecule is CC1CCN(CCNC(=O)c2cnc(Cl)c(Cl)c2)CC1. The van der Waals surface area contributed by atoms with E-state index in [1.807, 2.05) is 0 Å². The van der Waals surface area contributed by atoms with Gasteiger partial charge in [0.25, 0.3) is 5.91 Å². The second kappa shape index (κ2) is 7.25. The Labute approximate surface area is 129 Å². The predicted molar refractivity (Wildman–Crippen MR) is 81.4 cm³/mol. The molecule has 2 rings (SSSR count). The largest absolute Gasteiger partial charge is 0.351 e. The lowest BCUT2D eigenvalue weighted by atomic mass is 9.99. The summed E-state index contributed by atoms with van der Waals surface area (Å²) in [6, 6.07) is 1.54. The first-order valence-corrected chi connectivity index (χ1v) is 7.63. The maximum absolute atomic E-state index is 11.9. The van der Waals surface area contributed by atoms with Gasteiger partial charge in [-0.2, -0.15) is 0 Å². The lowest BCUT2D eigenvalue weighted by Gasteiger charge is -2.30. The van der Waals surface area contributed by atoms with Crippen molar-refractivity contribution in [2.24, 2.45) is 5.92 Å². The van der Waals surface area contributed by atoms with Crippen molar-refractivity contribution in [2.75, 3.05) is 26.2 Å². The Kier molecular flexibility index (Phi) is 5.64. The molecular weight excluding hydrogens is 297 g/mol. The summed E-state index contributed by atoms with van der Waals surface area (Å²) in [6.45, 7) is 6.04. The molecule has 1 N–H and O–H groups in total. The van der Waals surface area contributed by atoms with Crippen LogP contribution in [0.4, 0.5) is 0 Å². The Morgan fingerprint density at radius 3 is 2.80 bits per heavy atom. The van der Waals surface area contributed by atoms with Gasteiger partial charge in [-0.1, -0.05) is 30.1 Å². The van der Waals surface area contributed by atoms with Crippen LogP contribution in [0.25, 0.3) is 0 Å². The molecule has 0 aliphatic carbocycles.